The summed E-state index contributed by atoms with van der Waals surface area (Å²) in [5.74, 6) is 0.170. The first-order valence-electron chi connectivity index (χ1n) is 7.34. The summed E-state index contributed by atoms with van der Waals surface area (Å²) in [4.78, 5) is 10.6. The SMILES string of the molecule is C=C(/C=C\C=C/C)c1cc([N+](=O)[O-])ccc1Nc1ccc(O)cc1. The Balaban J connectivity index is 2.40. The standard InChI is InChI=1S/C19H18N2O3/c1-3-4-5-6-14(2)18-13-16(21(23)24)9-12-19(18)20-15-7-10-17(22)11-8-15/h3-13,20,22H,2H2,1H3/b4-3-,6-5-. The summed E-state index contributed by atoms with van der Waals surface area (Å²) in [5, 5.41) is 23.6. The van der Waals surface area contributed by atoms with E-state index in [0.717, 1.165) is 5.69 Å². The molecule has 5 heteroatoms. The Morgan fingerprint density at radius 2 is 1.92 bits per heavy atom. The van der Waals surface area contributed by atoms with Crippen LogP contribution in [-0.2, 0) is 0 Å². The van der Waals surface area contributed by atoms with Gasteiger partial charge in [-0.1, -0.05) is 30.9 Å². The molecule has 2 aromatic carbocycles. The first-order chi connectivity index (χ1) is 11.5. The van der Waals surface area contributed by atoms with E-state index < -0.39 is 4.92 Å². The van der Waals surface area contributed by atoms with Gasteiger partial charge in [0.1, 0.15) is 5.75 Å². The van der Waals surface area contributed by atoms with Gasteiger partial charge >= 0.3 is 0 Å². The van der Waals surface area contributed by atoms with Crippen LogP contribution in [0.5, 0.6) is 5.75 Å². The lowest BCUT2D eigenvalue weighted by Crippen LogP contribution is -1.97. The molecule has 2 aromatic rings. The number of phenolic OH excluding ortho intramolecular Hbond substituents is 1. The third-order valence-corrected chi connectivity index (χ3v) is 3.31. The molecule has 0 aliphatic rings. The van der Waals surface area contributed by atoms with Crippen LogP contribution >= 0.6 is 0 Å². The van der Waals surface area contributed by atoms with E-state index in [4.69, 9.17) is 0 Å². The van der Waals surface area contributed by atoms with Crippen molar-refractivity contribution < 1.29 is 10.0 Å². The fourth-order valence-electron chi connectivity index (χ4n) is 2.09. The average Bonchev–Trinajstić information content (AvgIpc) is 2.57. The summed E-state index contributed by atoms with van der Waals surface area (Å²) in [6.07, 6.45) is 7.36. The van der Waals surface area contributed by atoms with Crippen LogP contribution in [0, 0.1) is 10.1 Å². The summed E-state index contributed by atoms with van der Waals surface area (Å²) < 4.78 is 0. The molecule has 0 radical (unpaired) electrons. The van der Waals surface area contributed by atoms with Crippen LogP contribution in [0.4, 0.5) is 17.1 Å². The zero-order valence-corrected chi connectivity index (χ0v) is 13.3. The van der Waals surface area contributed by atoms with Gasteiger partial charge in [0.05, 0.1) is 4.92 Å². The number of nitro benzene ring substituents is 1. The summed E-state index contributed by atoms with van der Waals surface area (Å²) in [5.41, 5.74) is 2.74. The van der Waals surface area contributed by atoms with E-state index >= 15 is 0 Å². The molecule has 0 saturated heterocycles. The minimum atomic E-state index is -0.434. The summed E-state index contributed by atoms with van der Waals surface area (Å²) >= 11 is 0. The van der Waals surface area contributed by atoms with Crippen LogP contribution in [-0.4, -0.2) is 10.0 Å². The quantitative estimate of drug-likeness (QED) is 0.332. The number of nitrogens with one attached hydrogen (secondary N) is 1. The van der Waals surface area contributed by atoms with Crippen LogP contribution in [0.15, 0.2) is 73.3 Å². The van der Waals surface area contributed by atoms with Gasteiger partial charge < -0.3 is 10.4 Å². The van der Waals surface area contributed by atoms with Crippen LogP contribution in [0.25, 0.3) is 5.57 Å². The molecule has 2 rings (SSSR count). The Labute approximate surface area is 140 Å². The first-order valence-corrected chi connectivity index (χ1v) is 7.34. The number of allylic oxidation sites excluding steroid dienone is 5. The molecule has 0 aliphatic carbocycles. The fraction of sp³-hybridized carbons (Fsp3) is 0.0526. The monoisotopic (exact) mass is 322 g/mol. The maximum absolute atomic E-state index is 11.0. The van der Waals surface area contributed by atoms with Crippen molar-refractivity contribution in [3.05, 3.63) is 89.0 Å². The highest BCUT2D eigenvalue weighted by molar-refractivity contribution is 5.84. The second-order valence-corrected chi connectivity index (χ2v) is 5.07. The molecule has 0 spiro atoms. The highest BCUT2D eigenvalue weighted by Gasteiger charge is 2.12. The van der Waals surface area contributed by atoms with E-state index in [-0.39, 0.29) is 11.4 Å². The van der Waals surface area contributed by atoms with Crippen molar-refractivity contribution in [1.29, 1.82) is 0 Å². The lowest BCUT2D eigenvalue weighted by Gasteiger charge is -2.12. The third kappa shape index (κ3) is 4.33. The minimum Gasteiger partial charge on any atom is -0.508 e. The smallest absolute Gasteiger partial charge is 0.270 e. The van der Waals surface area contributed by atoms with Crippen molar-refractivity contribution in [2.45, 2.75) is 6.92 Å². The largest absolute Gasteiger partial charge is 0.508 e. The Morgan fingerprint density at radius 1 is 1.21 bits per heavy atom. The Bertz CT molecular complexity index is 806. The molecular weight excluding hydrogens is 304 g/mol. The van der Waals surface area contributed by atoms with Crippen molar-refractivity contribution in [2.75, 3.05) is 5.32 Å². The minimum absolute atomic E-state index is 0.00170. The molecule has 5 nitrogen and oxygen atoms in total. The lowest BCUT2D eigenvalue weighted by atomic mass is 10.0. The van der Waals surface area contributed by atoms with Crippen LogP contribution in [0.1, 0.15) is 12.5 Å². The lowest BCUT2D eigenvalue weighted by molar-refractivity contribution is -0.384. The maximum Gasteiger partial charge on any atom is 0.270 e. The van der Waals surface area contributed by atoms with Crippen LogP contribution < -0.4 is 5.32 Å². The zero-order chi connectivity index (χ0) is 17.5. The predicted molar refractivity (Wildman–Crippen MR) is 97.5 cm³/mol. The molecule has 0 unspecified atom stereocenters. The molecule has 24 heavy (non-hydrogen) atoms. The number of anilines is 2. The van der Waals surface area contributed by atoms with Gasteiger partial charge in [-0.25, -0.2) is 0 Å². The van der Waals surface area contributed by atoms with Crippen LogP contribution in [0.2, 0.25) is 0 Å². The molecule has 0 fully saturated rings. The van der Waals surface area contributed by atoms with Crippen molar-refractivity contribution in [3.63, 3.8) is 0 Å². The molecular formula is C19H18N2O3. The fourth-order valence-corrected chi connectivity index (χ4v) is 2.09. The molecule has 0 amide bonds. The zero-order valence-electron chi connectivity index (χ0n) is 13.3. The second-order valence-electron chi connectivity index (χ2n) is 5.07. The van der Waals surface area contributed by atoms with Gasteiger partial charge in [-0.3, -0.25) is 10.1 Å². The highest BCUT2D eigenvalue weighted by Crippen LogP contribution is 2.31. The van der Waals surface area contributed by atoms with Gasteiger partial charge in [0.25, 0.3) is 5.69 Å². The number of benzene rings is 2. The number of non-ortho nitro benzene ring substituents is 1. The van der Waals surface area contributed by atoms with Gasteiger partial charge in [-0.15, -0.1) is 0 Å². The third-order valence-electron chi connectivity index (χ3n) is 3.31. The van der Waals surface area contributed by atoms with Crippen molar-refractivity contribution in [2.24, 2.45) is 0 Å². The molecule has 0 saturated carbocycles. The Kier molecular flexibility index (Phi) is 5.52. The normalized spacial score (nSPS) is 11.0. The summed E-state index contributed by atoms with van der Waals surface area (Å²) in [6, 6.07) is 11.1. The van der Waals surface area contributed by atoms with E-state index in [9.17, 15) is 15.2 Å². The van der Waals surface area contributed by atoms with E-state index in [0.29, 0.717) is 16.8 Å². The number of hydrogen-bond acceptors (Lipinski definition) is 4. The van der Waals surface area contributed by atoms with Crippen molar-refractivity contribution in [1.82, 2.24) is 0 Å². The van der Waals surface area contributed by atoms with E-state index in [1.807, 2.05) is 25.2 Å². The average molecular weight is 322 g/mol. The molecule has 0 aliphatic heterocycles. The first kappa shape index (κ1) is 17.0. The van der Waals surface area contributed by atoms with E-state index in [1.165, 1.54) is 12.1 Å². The molecule has 2 N–H and O–H groups in total. The van der Waals surface area contributed by atoms with Crippen LogP contribution in [0.3, 0.4) is 0 Å². The topological polar surface area (TPSA) is 75.4 Å². The number of rotatable bonds is 6. The second kappa shape index (κ2) is 7.78. The molecule has 0 atom stereocenters. The van der Waals surface area contributed by atoms with Crippen molar-refractivity contribution >= 4 is 22.6 Å². The number of aromatic hydroxyl groups is 1. The predicted octanol–water partition coefficient (Wildman–Crippen LogP) is 5.19. The van der Waals surface area contributed by atoms with Gasteiger partial charge in [-0.2, -0.15) is 0 Å². The maximum atomic E-state index is 11.0. The van der Waals surface area contributed by atoms with E-state index in [1.54, 1.807) is 36.4 Å². The molecule has 0 aromatic heterocycles. The van der Waals surface area contributed by atoms with E-state index in [2.05, 4.69) is 11.9 Å². The summed E-state index contributed by atoms with van der Waals surface area (Å²) in [7, 11) is 0. The highest BCUT2D eigenvalue weighted by atomic mass is 16.6. The number of phenols is 1. The van der Waals surface area contributed by atoms with Crippen molar-refractivity contribution in [3.8, 4) is 5.75 Å². The Morgan fingerprint density at radius 3 is 2.54 bits per heavy atom. The number of nitrogens with zero attached hydrogens (tertiary/aromatic N) is 1. The molecule has 122 valence electrons. The van der Waals surface area contributed by atoms with Gasteiger partial charge in [0.2, 0.25) is 0 Å². The summed E-state index contributed by atoms with van der Waals surface area (Å²) in [6.45, 7) is 5.89. The number of nitro groups is 1. The van der Waals surface area contributed by atoms with Gasteiger partial charge in [-0.05, 0) is 42.8 Å². The molecule has 0 bridgehead atoms. The Hall–Kier alpha value is -3.34. The number of hydrogen-bond donors (Lipinski definition) is 2. The van der Waals surface area contributed by atoms with Gasteiger partial charge in [0.15, 0.2) is 0 Å². The molecule has 0 heterocycles. The van der Waals surface area contributed by atoms with Gasteiger partial charge in [0, 0.05) is 29.1 Å².